The maximum absolute atomic E-state index is 12.0. The molecule has 0 bridgehead atoms. The Kier molecular flexibility index (Phi) is 5.18. The van der Waals surface area contributed by atoms with Gasteiger partial charge in [0.15, 0.2) is 0 Å². The van der Waals surface area contributed by atoms with Gasteiger partial charge in [0.25, 0.3) is 11.1 Å². The molecule has 104 valence electrons. The summed E-state index contributed by atoms with van der Waals surface area (Å²) in [4.78, 5) is 25.6. The lowest BCUT2D eigenvalue weighted by atomic mass is 10.2. The molecule has 1 aromatic rings. The second-order valence-corrected chi connectivity index (χ2v) is 5.47. The Balaban J connectivity index is 2.03. The van der Waals surface area contributed by atoms with E-state index < -0.39 is 0 Å². The molecule has 1 aromatic carbocycles. The van der Waals surface area contributed by atoms with Gasteiger partial charge < -0.3 is 0 Å². The maximum atomic E-state index is 12.0. The number of carbonyl (C=O) groups excluding carboxylic acids is 2. The normalized spacial score (nSPS) is 17.6. The van der Waals surface area contributed by atoms with Crippen LogP contribution in [0, 0.1) is 0 Å². The Labute approximate surface area is 123 Å². The predicted molar refractivity (Wildman–Crippen MR) is 83.2 cm³/mol. The van der Waals surface area contributed by atoms with Gasteiger partial charge in [-0.3, -0.25) is 14.5 Å². The first-order valence-electron chi connectivity index (χ1n) is 6.69. The van der Waals surface area contributed by atoms with Crippen molar-refractivity contribution >= 4 is 29.0 Å². The van der Waals surface area contributed by atoms with Crippen LogP contribution in [0.4, 0.5) is 4.79 Å². The van der Waals surface area contributed by atoms with Gasteiger partial charge in [0.2, 0.25) is 0 Å². The molecule has 4 heteroatoms. The zero-order valence-electron chi connectivity index (χ0n) is 11.4. The van der Waals surface area contributed by atoms with Crippen molar-refractivity contribution in [3.05, 3.63) is 53.0 Å². The Bertz CT molecular complexity index is 549. The Morgan fingerprint density at radius 1 is 1.20 bits per heavy atom. The van der Waals surface area contributed by atoms with Gasteiger partial charge in [-0.15, -0.1) is 0 Å². The van der Waals surface area contributed by atoms with Gasteiger partial charge in [0, 0.05) is 6.54 Å². The van der Waals surface area contributed by atoms with Gasteiger partial charge in [-0.25, -0.2) is 0 Å². The van der Waals surface area contributed by atoms with Crippen molar-refractivity contribution in [2.45, 2.75) is 19.8 Å². The summed E-state index contributed by atoms with van der Waals surface area (Å²) in [5.41, 5.74) is 1.06. The molecule has 1 aliphatic rings. The van der Waals surface area contributed by atoms with E-state index in [1.54, 1.807) is 6.08 Å². The van der Waals surface area contributed by atoms with Crippen LogP contribution in [0.3, 0.4) is 0 Å². The topological polar surface area (TPSA) is 37.4 Å². The van der Waals surface area contributed by atoms with Crippen LogP contribution in [0.5, 0.6) is 0 Å². The number of rotatable bonds is 5. The molecule has 0 unspecified atom stereocenters. The predicted octanol–water partition coefficient (Wildman–Crippen LogP) is 4.08. The minimum Gasteiger partial charge on any atom is -0.268 e. The van der Waals surface area contributed by atoms with Crippen LogP contribution in [0.2, 0.25) is 0 Å². The molecular weight excluding hydrogens is 270 g/mol. The fourth-order valence-electron chi connectivity index (χ4n) is 1.83. The zero-order valence-corrected chi connectivity index (χ0v) is 12.2. The fraction of sp³-hybridized carbons (Fsp3) is 0.250. The van der Waals surface area contributed by atoms with Crippen molar-refractivity contribution in [2.75, 3.05) is 6.54 Å². The Morgan fingerprint density at radius 2 is 1.95 bits per heavy atom. The summed E-state index contributed by atoms with van der Waals surface area (Å²) in [5.74, 6) is -0.175. The summed E-state index contributed by atoms with van der Waals surface area (Å²) < 4.78 is 0. The van der Waals surface area contributed by atoms with Crippen LogP contribution in [0.15, 0.2) is 47.4 Å². The number of benzene rings is 1. The highest BCUT2D eigenvalue weighted by Gasteiger charge is 2.33. The lowest BCUT2D eigenvalue weighted by Crippen LogP contribution is -2.29. The average molecular weight is 287 g/mol. The highest BCUT2D eigenvalue weighted by molar-refractivity contribution is 8.18. The van der Waals surface area contributed by atoms with Crippen LogP contribution in [-0.2, 0) is 4.79 Å². The third-order valence-electron chi connectivity index (χ3n) is 2.94. The minimum atomic E-state index is -0.175. The van der Waals surface area contributed by atoms with Crippen molar-refractivity contribution in [2.24, 2.45) is 0 Å². The van der Waals surface area contributed by atoms with Gasteiger partial charge in [-0.2, -0.15) is 0 Å². The first kappa shape index (κ1) is 14.6. The molecule has 0 radical (unpaired) electrons. The summed E-state index contributed by atoms with van der Waals surface area (Å²) in [6.07, 6.45) is 7.26. The smallest absolute Gasteiger partial charge is 0.268 e. The SMILES string of the molecule is CCCCN1C(=O)S/C(=C\C=C\c2ccccc2)C1=O. The Hall–Kier alpha value is -1.81. The van der Waals surface area contributed by atoms with E-state index in [2.05, 4.69) is 0 Å². The molecule has 2 amide bonds. The summed E-state index contributed by atoms with van der Waals surface area (Å²) in [6, 6.07) is 9.83. The molecule has 1 aliphatic heterocycles. The van der Waals surface area contributed by atoms with Crippen molar-refractivity contribution in [1.82, 2.24) is 4.90 Å². The second kappa shape index (κ2) is 7.10. The monoisotopic (exact) mass is 287 g/mol. The number of imide groups is 1. The molecule has 0 N–H and O–H groups in total. The standard InChI is InChI=1S/C16H17NO2S/c1-2-3-12-17-15(18)14(20-16(17)19)11-7-10-13-8-5-4-6-9-13/h4-11H,2-3,12H2,1H3/b10-7+,14-11-. The summed E-state index contributed by atoms with van der Waals surface area (Å²) in [7, 11) is 0. The van der Waals surface area contributed by atoms with Crippen LogP contribution in [0.25, 0.3) is 6.08 Å². The van der Waals surface area contributed by atoms with Crippen LogP contribution in [-0.4, -0.2) is 22.6 Å². The molecule has 0 aromatic heterocycles. The van der Waals surface area contributed by atoms with E-state index in [1.165, 1.54) is 4.90 Å². The molecule has 0 aliphatic carbocycles. The van der Waals surface area contributed by atoms with E-state index >= 15 is 0 Å². The van der Waals surface area contributed by atoms with Gasteiger partial charge in [0.05, 0.1) is 4.91 Å². The van der Waals surface area contributed by atoms with Crippen LogP contribution >= 0.6 is 11.8 Å². The van der Waals surface area contributed by atoms with E-state index in [1.807, 2.05) is 49.4 Å². The number of allylic oxidation sites excluding steroid dienone is 2. The highest BCUT2D eigenvalue weighted by Crippen LogP contribution is 2.30. The van der Waals surface area contributed by atoms with E-state index in [9.17, 15) is 9.59 Å². The minimum absolute atomic E-state index is 0.164. The van der Waals surface area contributed by atoms with Gasteiger partial charge in [-0.05, 0) is 29.8 Å². The number of carbonyl (C=O) groups is 2. The number of amides is 2. The van der Waals surface area contributed by atoms with E-state index in [4.69, 9.17) is 0 Å². The second-order valence-electron chi connectivity index (χ2n) is 4.48. The summed E-state index contributed by atoms with van der Waals surface area (Å²) >= 11 is 1.01. The molecule has 2 rings (SSSR count). The van der Waals surface area contributed by atoms with E-state index in [0.717, 1.165) is 30.2 Å². The summed E-state index contributed by atoms with van der Waals surface area (Å²) in [5, 5.41) is -0.164. The van der Waals surface area contributed by atoms with Crippen molar-refractivity contribution in [3.8, 4) is 0 Å². The molecule has 0 saturated carbocycles. The van der Waals surface area contributed by atoms with Crippen LogP contribution < -0.4 is 0 Å². The van der Waals surface area contributed by atoms with E-state index in [0.29, 0.717) is 11.4 Å². The van der Waals surface area contributed by atoms with Crippen molar-refractivity contribution in [3.63, 3.8) is 0 Å². The maximum Gasteiger partial charge on any atom is 0.293 e. The number of hydrogen-bond donors (Lipinski definition) is 0. The lowest BCUT2D eigenvalue weighted by molar-refractivity contribution is -0.122. The largest absolute Gasteiger partial charge is 0.293 e. The van der Waals surface area contributed by atoms with Gasteiger partial charge in [-0.1, -0.05) is 55.8 Å². The third kappa shape index (κ3) is 3.61. The third-order valence-corrected chi connectivity index (χ3v) is 3.87. The molecule has 1 heterocycles. The van der Waals surface area contributed by atoms with Gasteiger partial charge >= 0.3 is 0 Å². The van der Waals surface area contributed by atoms with Crippen molar-refractivity contribution < 1.29 is 9.59 Å². The highest BCUT2D eigenvalue weighted by atomic mass is 32.2. The molecule has 0 atom stereocenters. The van der Waals surface area contributed by atoms with E-state index in [-0.39, 0.29) is 11.1 Å². The zero-order chi connectivity index (χ0) is 14.4. The number of thioether (sulfide) groups is 1. The first-order chi connectivity index (χ1) is 9.72. The molecular formula is C16H17NO2S. The molecule has 0 spiro atoms. The van der Waals surface area contributed by atoms with Crippen molar-refractivity contribution in [1.29, 1.82) is 0 Å². The Morgan fingerprint density at radius 3 is 2.65 bits per heavy atom. The quantitative estimate of drug-likeness (QED) is 0.766. The summed E-state index contributed by atoms with van der Waals surface area (Å²) in [6.45, 7) is 2.55. The molecule has 1 saturated heterocycles. The van der Waals surface area contributed by atoms with Crippen LogP contribution in [0.1, 0.15) is 25.3 Å². The number of hydrogen-bond acceptors (Lipinski definition) is 3. The molecule has 3 nitrogen and oxygen atoms in total. The average Bonchev–Trinajstić information content (AvgIpc) is 2.73. The molecule has 20 heavy (non-hydrogen) atoms. The number of nitrogens with zero attached hydrogens (tertiary/aromatic N) is 1. The number of unbranched alkanes of at least 4 members (excludes halogenated alkanes) is 1. The lowest BCUT2D eigenvalue weighted by Gasteiger charge is -2.10. The van der Waals surface area contributed by atoms with Gasteiger partial charge in [0.1, 0.15) is 0 Å². The first-order valence-corrected chi connectivity index (χ1v) is 7.51. The fourth-order valence-corrected chi connectivity index (χ4v) is 2.65. The molecule has 1 fully saturated rings.